The van der Waals surface area contributed by atoms with Crippen molar-refractivity contribution in [2.24, 2.45) is 0 Å². The minimum atomic E-state index is -1.08. The van der Waals surface area contributed by atoms with Gasteiger partial charge in [0, 0.05) is 18.0 Å². The zero-order valence-corrected chi connectivity index (χ0v) is 22.0. The fourth-order valence-electron chi connectivity index (χ4n) is 3.85. The number of anilines is 2. The first-order chi connectivity index (χ1) is 17.4. The molecule has 37 heavy (non-hydrogen) atoms. The lowest BCUT2D eigenvalue weighted by atomic mass is 9.83. The third-order valence-corrected chi connectivity index (χ3v) is 6.02. The van der Waals surface area contributed by atoms with E-state index in [4.69, 9.17) is 20.1 Å². The molecule has 5 N–H and O–H groups in total. The number of unbranched alkanes of at least 4 members (excludes halogenated alkanes) is 1. The third kappa shape index (κ3) is 8.88. The van der Waals surface area contributed by atoms with Crippen LogP contribution < -0.4 is 15.8 Å². The number of carbonyl (C=O) groups excluding carboxylic acids is 2. The van der Waals surface area contributed by atoms with Crippen LogP contribution in [-0.2, 0) is 37.4 Å². The quantitative estimate of drug-likeness (QED) is 0.306. The van der Waals surface area contributed by atoms with E-state index in [2.05, 4.69) is 22.2 Å². The summed E-state index contributed by atoms with van der Waals surface area (Å²) < 4.78 is 5.56. The van der Waals surface area contributed by atoms with Crippen molar-refractivity contribution >= 4 is 29.9 Å². The summed E-state index contributed by atoms with van der Waals surface area (Å²) in [5, 5.41) is 22.4. The molecular formula is C26H36N4O7. The number of nitrogens with one attached hydrogen (secondary N) is 1. The second-order valence-corrected chi connectivity index (χ2v) is 9.01. The Bertz CT molecular complexity index is 1110. The van der Waals surface area contributed by atoms with Gasteiger partial charge in [0.2, 0.25) is 5.95 Å². The number of rotatable bonds is 13. The molecule has 2 aromatic rings. The van der Waals surface area contributed by atoms with Crippen LogP contribution in [0.15, 0.2) is 18.2 Å². The number of carbonyl (C=O) groups is 2. The van der Waals surface area contributed by atoms with Gasteiger partial charge in [0.05, 0.1) is 24.6 Å². The van der Waals surface area contributed by atoms with Crippen LogP contribution in [0.4, 0.5) is 11.8 Å². The predicted octanol–water partition coefficient (Wildman–Crippen LogP) is 3.44. The zero-order valence-electron chi connectivity index (χ0n) is 22.0. The molecule has 0 unspecified atom stereocenters. The Balaban J connectivity index is 0.00000217. The Hall–Kier alpha value is -3.98. The van der Waals surface area contributed by atoms with E-state index in [1.54, 1.807) is 33.1 Å². The lowest BCUT2D eigenvalue weighted by Crippen LogP contribution is -2.28. The van der Waals surface area contributed by atoms with E-state index in [0.29, 0.717) is 36.4 Å². The fourth-order valence-corrected chi connectivity index (χ4v) is 3.85. The highest BCUT2D eigenvalue weighted by molar-refractivity contribution is 5.80. The number of carboxylic acid groups (broad SMARTS) is 2. The van der Waals surface area contributed by atoms with Crippen LogP contribution in [0.3, 0.4) is 0 Å². The second kappa shape index (κ2) is 14.5. The summed E-state index contributed by atoms with van der Waals surface area (Å²) in [5.74, 6) is -0.596. The molecule has 1 aromatic heterocycles. The van der Waals surface area contributed by atoms with Crippen molar-refractivity contribution in [3.63, 3.8) is 0 Å². The van der Waals surface area contributed by atoms with Gasteiger partial charge in [0.25, 0.3) is 0 Å². The maximum absolute atomic E-state index is 11.8. The molecule has 1 heterocycles. The van der Waals surface area contributed by atoms with Crippen molar-refractivity contribution in [2.45, 2.75) is 77.7 Å². The van der Waals surface area contributed by atoms with E-state index in [0.717, 1.165) is 29.7 Å². The largest absolute Gasteiger partial charge is 0.496 e. The molecule has 2 rings (SSSR count). The van der Waals surface area contributed by atoms with Crippen molar-refractivity contribution in [1.82, 2.24) is 9.97 Å². The Kier molecular flexibility index (Phi) is 12.2. The summed E-state index contributed by atoms with van der Waals surface area (Å²) in [6.45, 7) is 7.32. The number of hydrogen-bond donors (Lipinski definition) is 4. The first-order valence-electron chi connectivity index (χ1n) is 12.0. The van der Waals surface area contributed by atoms with Gasteiger partial charge in [-0.15, -0.1) is 0 Å². The minimum Gasteiger partial charge on any atom is -0.496 e. The van der Waals surface area contributed by atoms with E-state index in [-0.39, 0.29) is 24.6 Å². The summed E-state index contributed by atoms with van der Waals surface area (Å²) in [7, 11) is 1.56. The molecule has 0 amide bonds. The standard InChI is InChI=1S/C25H36N4O5.CO2/c1-6-8-9-17(14-21(30)31)27-22-18(19(7-2)28-24(26)29-22)13-15-12-16(10-11-20(15)34-5)25(3,4)23(32)33;2-1-3/h10-12,17H,6-9,13-14H2,1-5H3,(H,30,31)(H,32,33)(H3,26,27,28,29);/t17-;/m0./s1. The van der Waals surface area contributed by atoms with Gasteiger partial charge < -0.3 is 26.0 Å². The van der Waals surface area contributed by atoms with Gasteiger partial charge in [0.1, 0.15) is 11.6 Å². The molecule has 0 aliphatic carbocycles. The average molecular weight is 517 g/mol. The highest BCUT2D eigenvalue weighted by Crippen LogP contribution is 2.32. The van der Waals surface area contributed by atoms with Crippen LogP contribution >= 0.6 is 0 Å². The molecule has 0 aliphatic heterocycles. The third-order valence-electron chi connectivity index (χ3n) is 6.02. The molecule has 0 aliphatic rings. The molecule has 11 heteroatoms. The van der Waals surface area contributed by atoms with Crippen LogP contribution in [0.2, 0.25) is 0 Å². The van der Waals surface area contributed by atoms with Crippen LogP contribution in [0.1, 0.15) is 75.8 Å². The number of methoxy groups -OCH3 is 1. The molecule has 0 saturated heterocycles. The lowest BCUT2D eigenvalue weighted by molar-refractivity contribution is -0.191. The van der Waals surface area contributed by atoms with E-state index in [1.165, 1.54) is 0 Å². The molecule has 0 bridgehead atoms. The number of aromatic nitrogens is 2. The highest BCUT2D eigenvalue weighted by Gasteiger charge is 2.30. The highest BCUT2D eigenvalue weighted by atomic mass is 16.5. The Morgan fingerprint density at radius 2 is 1.84 bits per heavy atom. The zero-order chi connectivity index (χ0) is 28.2. The Labute approximate surface area is 216 Å². The molecular weight excluding hydrogens is 480 g/mol. The van der Waals surface area contributed by atoms with Crippen LogP contribution in [-0.4, -0.2) is 51.4 Å². The van der Waals surface area contributed by atoms with Crippen LogP contribution in [0.25, 0.3) is 0 Å². The van der Waals surface area contributed by atoms with Crippen molar-refractivity contribution in [2.75, 3.05) is 18.2 Å². The maximum Gasteiger partial charge on any atom is 0.373 e. The van der Waals surface area contributed by atoms with Gasteiger partial charge in [-0.2, -0.15) is 14.6 Å². The number of nitrogen functional groups attached to an aromatic ring is 1. The topological polar surface area (TPSA) is 182 Å². The van der Waals surface area contributed by atoms with Crippen LogP contribution in [0, 0.1) is 0 Å². The van der Waals surface area contributed by atoms with Crippen molar-refractivity contribution < 1.29 is 34.1 Å². The van der Waals surface area contributed by atoms with Crippen molar-refractivity contribution in [1.29, 1.82) is 0 Å². The number of hydrogen-bond acceptors (Lipinski definition) is 9. The number of nitrogens with zero attached hydrogens (tertiary/aromatic N) is 2. The smallest absolute Gasteiger partial charge is 0.373 e. The van der Waals surface area contributed by atoms with Gasteiger partial charge in [-0.3, -0.25) is 9.59 Å². The second-order valence-electron chi connectivity index (χ2n) is 9.01. The summed E-state index contributed by atoms with van der Waals surface area (Å²) in [6.07, 6.45) is 3.67. The number of nitrogens with two attached hydrogens (primary N) is 1. The van der Waals surface area contributed by atoms with Gasteiger partial charge in [0.15, 0.2) is 0 Å². The first kappa shape index (κ1) is 31.1. The summed E-state index contributed by atoms with van der Waals surface area (Å²) in [4.78, 5) is 48.3. The minimum absolute atomic E-state index is 0.0452. The van der Waals surface area contributed by atoms with Gasteiger partial charge in [-0.25, -0.2) is 4.98 Å². The normalized spacial score (nSPS) is 11.5. The molecule has 1 atom stereocenters. The fraction of sp³-hybridized carbons (Fsp3) is 0.500. The lowest BCUT2D eigenvalue weighted by Gasteiger charge is -2.23. The van der Waals surface area contributed by atoms with Gasteiger partial charge >= 0.3 is 18.1 Å². The van der Waals surface area contributed by atoms with E-state index in [1.807, 2.05) is 13.0 Å². The summed E-state index contributed by atoms with van der Waals surface area (Å²) in [5.41, 5.74) is 7.84. The van der Waals surface area contributed by atoms with Crippen molar-refractivity contribution in [3.05, 3.63) is 40.6 Å². The number of aliphatic carboxylic acids is 2. The first-order valence-corrected chi connectivity index (χ1v) is 12.0. The van der Waals surface area contributed by atoms with E-state index >= 15 is 0 Å². The molecule has 0 saturated carbocycles. The molecule has 202 valence electrons. The Morgan fingerprint density at radius 1 is 1.19 bits per heavy atom. The number of carboxylic acids is 2. The average Bonchev–Trinajstić information content (AvgIpc) is 2.83. The Morgan fingerprint density at radius 3 is 2.35 bits per heavy atom. The van der Waals surface area contributed by atoms with Gasteiger partial charge in [-0.05, 0) is 43.9 Å². The van der Waals surface area contributed by atoms with Crippen molar-refractivity contribution in [3.8, 4) is 5.75 Å². The van der Waals surface area contributed by atoms with E-state index in [9.17, 15) is 19.8 Å². The summed E-state index contributed by atoms with van der Waals surface area (Å²) >= 11 is 0. The number of aryl methyl sites for hydroxylation is 1. The predicted molar refractivity (Wildman–Crippen MR) is 136 cm³/mol. The summed E-state index contributed by atoms with van der Waals surface area (Å²) in [6, 6.07) is 5.04. The van der Waals surface area contributed by atoms with Crippen LogP contribution in [0.5, 0.6) is 5.75 Å². The van der Waals surface area contributed by atoms with Gasteiger partial charge in [-0.1, -0.05) is 38.8 Å². The number of ether oxygens (including phenoxy) is 1. The monoisotopic (exact) mass is 516 g/mol. The van der Waals surface area contributed by atoms with E-state index < -0.39 is 17.4 Å². The molecule has 1 aromatic carbocycles. The molecule has 0 spiro atoms. The molecule has 0 radical (unpaired) electrons. The molecule has 11 nitrogen and oxygen atoms in total. The number of benzene rings is 1. The maximum atomic E-state index is 11.8. The molecule has 0 fully saturated rings. The SMILES string of the molecule is CCCC[C@@H](CC(=O)O)Nc1nc(N)nc(CC)c1Cc1cc(C(C)(C)C(=O)O)ccc1OC.O=C=O.